The molecule has 3 heteroatoms. The molecule has 0 spiro atoms. The molecule has 20 heavy (non-hydrogen) atoms. The van der Waals surface area contributed by atoms with Gasteiger partial charge in [0, 0.05) is 12.5 Å². The molecular weight excluding hydrogens is 253 g/mol. The summed E-state index contributed by atoms with van der Waals surface area (Å²) in [7, 11) is 0. The second-order valence-corrected chi connectivity index (χ2v) is 4.96. The van der Waals surface area contributed by atoms with Crippen LogP contribution in [-0.4, -0.2) is 5.78 Å². The van der Waals surface area contributed by atoms with Gasteiger partial charge >= 0.3 is 0 Å². The predicted molar refractivity (Wildman–Crippen MR) is 78.1 cm³/mol. The predicted octanol–water partition coefficient (Wildman–Crippen LogP) is 3.80. The number of carbonyl (C=O) groups excluding carboxylic acids is 1. The van der Waals surface area contributed by atoms with Gasteiger partial charge in [-0.05, 0) is 31.0 Å². The number of hydrogen-bond acceptors (Lipinski definition) is 2. The van der Waals surface area contributed by atoms with E-state index in [2.05, 4.69) is 0 Å². The third-order valence-electron chi connectivity index (χ3n) is 3.33. The SMILES string of the molecule is Cc1ccc(F)c(C(=O)CCC(N)c2ccccc2)c1. The molecule has 2 N–H and O–H groups in total. The lowest BCUT2D eigenvalue weighted by Gasteiger charge is -2.11. The smallest absolute Gasteiger partial charge is 0.165 e. The molecular formula is C17H18FNO. The molecule has 0 aromatic heterocycles. The summed E-state index contributed by atoms with van der Waals surface area (Å²) >= 11 is 0. The lowest BCUT2D eigenvalue weighted by molar-refractivity contribution is 0.0973. The fourth-order valence-electron chi connectivity index (χ4n) is 2.14. The van der Waals surface area contributed by atoms with E-state index < -0.39 is 5.82 Å². The monoisotopic (exact) mass is 271 g/mol. The highest BCUT2D eigenvalue weighted by Crippen LogP contribution is 2.18. The summed E-state index contributed by atoms with van der Waals surface area (Å²) in [6, 6.07) is 14.0. The van der Waals surface area contributed by atoms with Crippen LogP contribution in [0.3, 0.4) is 0 Å². The van der Waals surface area contributed by atoms with Crippen LogP contribution in [0.4, 0.5) is 4.39 Å². The van der Waals surface area contributed by atoms with Gasteiger partial charge < -0.3 is 5.73 Å². The van der Waals surface area contributed by atoms with E-state index in [-0.39, 0.29) is 23.8 Å². The average Bonchev–Trinajstić information content (AvgIpc) is 2.47. The Labute approximate surface area is 118 Å². The van der Waals surface area contributed by atoms with Crippen LogP contribution in [0.15, 0.2) is 48.5 Å². The van der Waals surface area contributed by atoms with Gasteiger partial charge in [0.2, 0.25) is 0 Å². The van der Waals surface area contributed by atoms with Crippen molar-refractivity contribution in [3.8, 4) is 0 Å². The molecule has 0 saturated heterocycles. The van der Waals surface area contributed by atoms with E-state index in [1.165, 1.54) is 6.07 Å². The van der Waals surface area contributed by atoms with Crippen LogP contribution in [0.25, 0.3) is 0 Å². The largest absolute Gasteiger partial charge is 0.324 e. The van der Waals surface area contributed by atoms with E-state index in [1.54, 1.807) is 12.1 Å². The minimum absolute atomic E-state index is 0.158. The molecule has 104 valence electrons. The number of nitrogens with two attached hydrogens (primary N) is 1. The van der Waals surface area contributed by atoms with E-state index in [0.29, 0.717) is 6.42 Å². The third kappa shape index (κ3) is 3.52. The Balaban J connectivity index is 2.00. The second-order valence-electron chi connectivity index (χ2n) is 4.96. The quantitative estimate of drug-likeness (QED) is 0.841. The van der Waals surface area contributed by atoms with E-state index in [1.807, 2.05) is 37.3 Å². The summed E-state index contributed by atoms with van der Waals surface area (Å²) in [5.74, 6) is -0.661. The van der Waals surface area contributed by atoms with Crippen LogP contribution >= 0.6 is 0 Å². The van der Waals surface area contributed by atoms with Crippen molar-refractivity contribution >= 4 is 5.78 Å². The fraction of sp³-hybridized carbons (Fsp3) is 0.235. The summed E-state index contributed by atoms with van der Waals surface area (Å²) in [6.07, 6.45) is 0.757. The number of halogens is 1. The van der Waals surface area contributed by atoms with Crippen LogP contribution in [0.1, 0.15) is 40.4 Å². The van der Waals surface area contributed by atoms with Gasteiger partial charge in [-0.3, -0.25) is 4.79 Å². The highest BCUT2D eigenvalue weighted by Gasteiger charge is 2.14. The van der Waals surface area contributed by atoms with Gasteiger partial charge in [0.25, 0.3) is 0 Å². The Bertz CT molecular complexity index is 595. The Morgan fingerprint density at radius 3 is 2.60 bits per heavy atom. The molecule has 2 rings (SSSR count). The zero-order valence-electron chi connectivity index (χ0n) is 11.5. The van der Waals surface area contributed by atoms with Crippen LogP contribution in [0.2, 0.25) is 0 Å². The molecule has 2 aromatic carbocycles. The number of carbonyl (C=O) groups is 1. The number of ketones is 1. The highest BCUT2D eigenvalue weighted by molar-refractivity contribution is 5.96. The number of aryl methyl sites for hydroxylation is 1. The van der Waals surface area contributed by atoms with Gasteiger partial charge in [0.15, 0.2) is 5.78 Å². The first kappa shape index (κ1) is 14.4. The molecule has 0 bridgehead atoms. The standard InChI is InChI=1S/C17H18FNO/c1-12-7-8-15(18)14(11-12)17(20)10-9-16(19)13-5-3-2-4-6-13/h2-8,11,16H,9-10,19H2,1H3. The normalized spacial score (nSPS) is 12.2. The van der Waals surface area contributed by atoms with Crippen molar-refractivity contribution in [2.24, 2.45) is 5.73 Å². The van der Waals surface area contributed by atoms with Crippen molar-refractivity contribution in [1.29, 1.82) is 0 Å². The lowest BCUT2D eigenvalue weighted by Crippen LogP contribution is -2.13. The Morgan fingerprint density at radius 2 is 1.90 bits per heavy atom. The zero-order valence-corrected chi connectivity index (χ0v) is 11.5. The number of benzene rings is 2. The topological polar surface area (TPSA) is 43.1 Å². The highest BCUT2D eigenvalue weighted by atomic mass is 19.1. The minimum atomic E-state index is -0.464. The van der Waals surface area contributed by atoms with Crippen LogP contribution in [-0.2, 0) is 0 Å². The van der Waals surface area contributed by atoms with Crippen molar-refractivity contribution in [3.63, 3.8) is 0 Å². The van der Waals surface area contributed by atoms with Crippen LogP contribution in [0.5, 0.6) is 0 Å². The van der Waals surface area contributed by atoms with Gasteiger partial charge in [-0.25, -0.2) is 4.39 Å². The molecule has 0 radical (unpaired) electrons. The maximum absolute atomic E-state index is 13.6. The zero-order chi connectivity index (χ0) is 14.5. The van der Waals surface area contributed by atoms with Gasteiger partial charge in [-0.2, -0.15) is 0 Å². The molecule has 0 aliphatic rings. The molecule has 0 aliphatic heterocycles. The summed E-state index contributed by atoms with van der Waals surface area (Å²) in [5, 5.41) is 0. The molecule has 0 heterocycles. The first-order chi connectivity index (χ1) is 9.58. The van der Waals surface area contributed by atoms with E-state index >= 15 is 0 Å². The number of Topliss-reactive ketones (excluding diaryl/α,β-unsaturated/α-hetero) is 1. The minimum Gasteiger partial charge on any atom is -0.324 e. The first-order valence-corrected chi connectivity index (χ1v) is 6.68. The summed E-state index contributed by atoms with van der Waals surface area (Å²) in [5.41, 5.74) is 8.07. The summed E-state index contributed by atoms with van der Waals surface area (Å²) < 4.78 is 13.6. The lowest BCUT2D eigenvalue weighted by atomic mass is 9.98. The van der Waals surface area contributed by atoms with Gasteiger partial charge in [0.1, 0.15) is 5.82 Å². The Morgan fingerprint density at radius 1 is 1.20 bits per heavy atom. The molecule has 1 unspecified atom stereocenters. The molecule has 1 atom stereocenters. The molecule has 0 amide bonds. The van der Waals surface area contributed by atoms with Crippen molar-refractivity contribution in [2.75, 3.05) is 0 Å². The molecule has 2 nitrogen and oxygen atoms in total. The first-order valence-electron chi connectivity index (χ1n) is 6.68. The Kier molecular flexibility index (Phi) is 4.64. The number of rotatable bonds is 5. The molecule has 0 aliphatic carbocycles. The summed E-state index contributed by atoms with van der Waals surface area (Å²) in [6.45, 7) is 1.84. The van der Waals surface area contributed by atoms with Crippen molar-refractivity contribution < 1.29 is 9.18 Å². The van der Waals surface area contributed by atoms with Crippen molar-refractivity contribution in [3.05, 3.63) is 71.0 Å². The van der Waals surface area contributed by atoms with Gasteiger partial charge in [0.05, 0.1) is 5.56 Å². The van der Waals surface area contributed by atoms with Crippen molar-refractivity contribution in [2.45, 2.75) is 25.8 Å². The number of hydrogen-bond donors (Lipinski definition) is 1. The van der Waals surface area contributed by atoms with Crippen LogP contribution < -0.4 is 5.73 Å². The van der Waals surface area contributed by atoms with E-state index in [4.69, 9.17) is 5.73 Å². The van der Waals surface area contributed by atoms with E-state index in [0.717, 1.165) is 11.1 Å². The molecule has 0 saturated carbocycles. The third-order valence-corrected chi connectivity index (χ3v) is 3.33. The second kappa shape index (κ2) is 6.44. The van der Waals surface area contributed by atoms with E-state index in [9.17, 15) is 9.18 Å². The summed E-state index contributed by atoms with van der Waals surface area (Å²) in [4.78, 5) is 12.1. The fourth-order valence-corrected chi connectivity index (χ4v) is 2.14. The maximum atomic E-state index is 13.6. The molecule has 2 aromatic rings. The average molecular weight is 271 g/mol. The molecule has 0 fully saturated rings. The van der Waals surface area contributed by atoms with Gasteiger partial charge in [-0.15, -0.1) is 0 Å². The van der Waals surface area contributed by atoms with Crippen molar-refractivity contribution in [1.82, 2.24) is 0 Å². The van der Waals surface area contributed by atoms with Gasteiger partial charge in [-0.1, -0.05) is 42.0 Å². The maximum Gasteiger partial charge on any atom is 0.165 e. The Hall–Kier alpha value is -2.00. The van der Waals surface area contributed by atoms with Crippen LogP contribution in [0, 0.1) is 12.7 Å².